The van der Waals surface area contributed by atoms with Crippen molar-refractivity contribution in [2.24, 2.45) is 0 Å². The van der Waals surface area contributed by atoms with Crippen molar-refractivity contribution in [1.29, 1.82) is 0 Å². The average molecular weight is 333 g/mol. The van der Waals surface area contributed by atoms with Gasteiger partial charge in [-0.05, 0) is 49.6 Å². The molecule has 0 heterocycles. The number of hydrogen-bond acceptors (Lipinski definition) is 3. The SMILES string of the molecule is CCCNCc1cc(Cl)cc(S(=O)(=O)N(C)CCC)c1C. The maximum Gasteiger partial charge on any atom is 0.243 e. The molecular formula is C15H25ClN2O2S. The third-order valence-corrected chi connectivity index (χ3v) is 5.60. The van der Waals surface area contributed by atoms with E-state index < -0.39 is 10.0 Å². The van der Waals surface area contributed by atoms with E-state index in [4.69, 9.17) is 11.6 Å². The summed E-state index contributed by atoms with van der Waals surface area (Å²) in [6.07, 6.45) is 1.81. The van der Waals surface area contributed by atoms with E-state index in [-0.39, 0.29) is 0 Å². The van der Waals surface area contributed by atoms with Gasteiger partial charge in [-0.2, -0.15) is 0 Å². The minimum absolute atomic E-state index is 0.305. The molecule has 0 unspecified atom stereocenters. The van der Waals surface area contributed by atoms with Crippen molar-refractivity contribution in [3.05, 3.63) is 28.3 Å². The van der Waals surface area contributed by atoms with Gasteiger partial charge >= 0.3 is 0 Å². The Labute approximate surface area is 133 Å². The van der Waals surface area contributed by atoms with Gasteiger partial charge in [-0.25, -0.2) is 12.7 Å². The fourth-order valence-electron chi connectivity index (χ4n) is 2.16. The van der Waals surface area contributed by atoms with Crippen LogP contribution in [0.5, 0.6) is 0 Å². The number of nitrogens with one attached hydrogen (secondary N) is 1. The third-order valence-electron chi connectivity index (χ3n) is 3.40. The zero-order chi connectivity index (χ0) is 16.0. The van der Waals surface area contributed by atoms with Crippen LogP contribution < -0.4 is 5.32 Å². The zero-order valence-electron chi connectivity index (χ0n) is 13.2. The van der Waals surface area contributed by atoms with Crippen LogP contribution in [0, 0.1) is 6.92 Å². The molecule has 0 saturated heterocycles. The normalized spacial score (nSPS) is 12.1. The number of nitrogens with zero attached hydrogens (tertiary/aromatic N) is 1. The minimum Gasteiger partial charge on any atom is -0.313 e. The number of rotatable bonds is 8. The molecule has 0 amide bonds. The Morgan fingerprint density at radius 2 is 1.90 bits per heavy atom. The Kier molecular flexibility index (Phi) is 7.13. The number of benzene rings is 1. The van der Waals surface area contributed by atoms with Gasteiger partial charge in [0.2, 0.25) is 10.0 Å². The van der Waals surface area contributed by atoms with E-state index in [2.05, 4.69) is 12.2 Å². The second-order valence-corrected chi connectivity index (χ2v) is 7.64. The lowest BCUT2D eigenvalue weighted by molar-refractivity contribution is 0.468. The first-order valence-corrected chi connectivity index (χ1v) is 9.12. The van der Waals surface area contributed by atoms with Crippen molar-refractivity contribution in [1.82, 2.24) is 9.62 Å². The Morgan fingerprint density at radius 1 is 1.24 bits per heavy atom. The molecular weight excluding hydrogens is 308 g/mol. The van der Waals surface area contributed by atoms with Gasteiger partial charge in [0.05, 0.1) is 4.90 Å². The zero-order valence-corrected chi connectivity index (χ0v) is 14.8. The van der Waals surface area contributed by atoms with Crippen molar-refractivity contribution in [3.8, 4) is 0 Å². The van der Waals surface area contributed by atoms with Crippen molar-refractivity contribution in [3.63, 3.8) is 0 Å². The largest absolute Gasteiger partial charge is 0.313 e. The monoisotopic (exact) mass is 332 g/mol. The summed E-state index contributed by atoms with van der Waals surface area (Å²) < 4.78 is 26.6. The summed E-state index contributed by atoms with van der Waals surface area (Å²) in [5.74, 6) is 0. The maximum absolute atomic E-state index is 12.6. The van der Waals surface area contributed by atoms with Crippen LogP contribution in [0.4, 0.5) is 0 Å². The van der Waals surface area contributed by atoms with E-state index in [9.17, 15) is 8.42 Å². The molecule has 1 aromatic rings. The van der Waals surface area contributed by atoms with Crippen LogP contribution in [0.3, 0.4) is 0 Å². The van der Waals surface area contributed by atoms with Crippen molar-refractivity contribution < 1.29 is 8.42 Å². The van der Waals surface area contributed by atoms with Crippen molar-refractivity contribution >= 4 is 21.6 Å². The standard InChI is InChI=1S/C15H25ClN2O2S/c1-5-7-17-11-13-9-14(16)10-15(12(13)3)21(19,20)18(4)8-6-2/h9-10,17H,5-8,11H2,1-4H3. The Morgan fingerprint density at radius 3 is 2.48 bits per heavy atom. The molecule has 1 aromatic carbocycles. The van der Waals surface area contributed by atoms with E-state index in [0.717, 1.165) is 30.5 Å². The Balaban J connectivity index is 3.18. The number of sulfonamides is 1. The molecule has 120 valence electrons. The van der Waals surface area contributed by atoms with Gasteiger partial charge in [-0.1, -0.05) is 25.4 Å². The summed E-state index contributed by atoms with van der Waals surface area (Å²) in [7, 11) is -1.88. The van der Waals surface area contributed by atoms with Crippen LogP contribution in [-0.4, -0.2) is 32.9 Å². The average Bonchev–Trinajstić information content (AvgIpc) is 2.42. The lowest BCUT2D eigenvalue weighted by Crippen LogP contribution is -2.28. The molecule has 0 saturated carbocycles. The van der Waals surface area contributed by atoms with Crippen molar-refractivity contribution in [2.75, 3.05) is 20.1 Å². The molecule has 0 aliphatic carbocycles. The predicted octanol–water partition coefficient (Wildman–Crippen LogP) is 3.18. The topological polar surface area (TPSA) is 49.4 Å². The first-order chi connectivity index (χ1) is 9.84. The van der Waals surface area contributed by atoms with Crippen LogP contribution in [0.1, 0.15) is 37.8 Å². The number of halogens is 1. The van der Waals surface area contributed by atoms with E-state index in [0.29, 0.717) is 23.0 Å². The lowest BCUT2D eigenvalue weighted by atomic mass is 10.1. The summed E-state index contributed by atoms with van der Waals surface area (Å²) >= 11 is 6.11. The fraction of sp³-hybridized carbons (Fsp3) is 0.600. The van der Waals surface area contributed by atoms with Gasteiger partial charge in [0.25, 0.3) is 0 Å². The smallest absolute Gasteiger partial charge is 0.243 e. The molecule has 0 bridgehead atoms. The van der Waals surface area contributed by atoms with Gasteiger partial charge in [-0.15, -0.1) is 0 Å². The highest BCUT2D eigenvalue weighted by molar-refractivity contribution is 7.89. The molecule has 0 radical (unpaired) electrons. The van der Waals surface area contributed by atoms with Crippen LogP contribution in [0.2, 0.25) is 5.02 Å². The first kappa shape index (κ1) is 18.4. The van der Waals surface area contributed by atoms with Crippen LogP contribution >= 0.6 is 11.6 Å². The molecule has 1 rings (SSSR count). The quantitative estimate of drug-likeness (QED) is 0.744. The second-order valence-electron chi connectivity index (χ2n) is 5.19. The highest BCUT2D eigenvalue weighted by atomic mass is 35.5. The summed E-state index contributed by atoms with van der Waals surface area (Å²) in [4.78, 5) is 0.305. The Bertz CT molecular complexity index is 573. The second kappa shape index (κ2) is 8.13. The number of hydrogen-bond donors (Lipinski definition) is 1. The summed E-state index contributed by atoms with van der Waals surface area (Å²) in [6.45, 7) is 7.90. The molecule has 6 heteroatoms. The van der Waals surface area contributed by atoms with Gasteiger partial charge in [0, 0.05) is 25.2 Å². The molecule has 1 N–H and O–H groups in total. The molecule has 4 nitrogen and oxygen atoms in total. The molecule has 0 atom stereocenters. The fourth-order valence-corrected chi connectivity index (χ4v) is 4.02. The molecule has 21 heavy (non-hydrogen) atoms. The van der Waals surface area contributed by atoms with E-state index >= 15 is 0 Å². The molecule has 0 aliphatic rings. The highest BCUT2D eigenvalue weighted by Crippen LogP contribution is 2.26. The van der Waals surface area contributed by atoms with Gasteiger partial charge in [-0.3, -0.25) is 0 Å². The van der Waals surface area contributed by atoms with E-state index in [1.807, 2.05) is 19.9 Å². The summed E-state index contributed by atoms with van der Waals surface area (Å²) in [5.41, 5.74) is 1.70. The summed E-state index contributed by atoms with van der Waals surface area (Å²) in [5, 5.41) is 3.74. The molecule has 0 fully saturated rings. The van der Waals surface area contributed by atoms with Gasteiger partial charge in [0.15, 0.2) is 0 Å². The maximum atomic E-state index is 12.6. The first-order valence-electron chi connectivity index (χ1n) is 7.30. The van der Waals surface area contributed by atoms with E-state index in [1.54, 1.807) is 13.1 Å². The van der Waals surface area contributed by atoms with Crippen LogP contribution in [-0.2, 0) is 16.6 Å². The lowest BCUT2D eigenvalue weighted by Gasteiger charge is -2.19. The highest BCUT2D eigenvalue weighted by Gasteiger charge is 2.24. The molecule has 0 spiro atoms. The third kappa shape index (κ3) is 4.68. The summed E-state index contributed by atoms with van der Waals surface area (Å²) in [6, 6.07) is 3.38. The van der Waals surface area contributed by atoms with Crippen molar-refractivity contribution in [2.45, 2.75) is 45.1 Å². The van der Waals surface area contributed by atoms with Crippen LogP contribution in [0.15, 0.2) is 17.0 Å². The van der Waals surface area contributed by atoms with Gasteiger partial charge in [0.1, 0.15) is 0 Å². The Hall–Kier alpha value is -0.620. The molecule has 0 aromatic heterocycles. The minimum atomic E-state index is -3.49. The predicted molar refractivity (Wildman–Crippen MR) is 88.3 cm³/mol. The van der Waals surface area contributed by atoms with Gasteiger partial charge < -0.3 is 5.32 Å². The van der Waals surface area contributed by atoms with E-state index in [1.165, 1.54) is 4.31 Å². The van der Waals surface area contributed by atoms with Crippen LogP contribution in [0.25, 0.3) is 0 Å². The molecule has 0 aliphatic heterocycles.